The van der Waals surface area contributed by atoms with Crippen molar-refractivity contribution in [2.45, 2.75) is 11.8 Å². The largest absolute Gasteiger partial charge is 0.431 e. The highest BCUT2D eigenvalue weighted by atomic mass is 79.9. The first-order valence-corrected chi connectivity index (χ1v) is 7.16. The molecule has 0 radical (unpaired) electrons. The summed E-state index contributed by atoms with van der Waals surface area (Å²) in [4.78, 5) is 3.83. The van der Waals surface area contributed by atoms with Gasteiger partial charge in [0.2, 0.25) is 0 Å². The number of oxazole rings is 1. The minimum Gasteiger partial charge on any atom is -0.431 e. The smallest absolute Gasteiger partial charge is 0.309 e. The van der Waals surface area contributed by atoms with Gasteiger partial charge in [0.15, 0.2) is 0 Å². The molecular formula is C10H10BrN3O3S. The second-order valence-electron chi connectivity index (χ2n) is 3.58. The molecule has 6 nitrogen and oxygen atoms in total. The van der Waals surface area contributed by atoms with Crippen molar-refractivity contribution in [2.75, 3.05) is 10.5 Å². The van der Waals surface area contributed by atoms with Gasteiger partial charge in [-0.1, -0.05) is 15.9 Å². The van der Waals surface area contributed by atoms with Gasteiger partial charge in [-0.25, -0.2) is 13.1 Å². The maximum Gasteiger partial charge on any atom is 0.309 e. The van der Waals surface area contributed by atoms with Gasteiger partial charge in [-0.3, -0.25) is 0 Å². The molecule has 0 spiro atoms. The number of rotatable bonds is 3. The minimum atomic E-state index is -3.81. The van der Waals surface area contributed by atoms with Crippen LogP contribution in [0.2, 0.25) is 0 Å². The van der Waals surface area contributed by atoms with E-state index >= 15 is 0 Å². The predicted molar refractivity (Wildman–Crippen MR) is 70.6 cm³/mol. The van der Waals surface area contributed by atoms with E-state index in [-0.39, 0.29) is 16.6 Å². The molecule has 1 heterocycles. The van der Waals surface area contributed by atoms with Crippen molar-refractivity contribution in [2.24, 2.45) is 0 Å². The van der Waals surface area contributed by atoms with Crippen LogP contribution >= 0.6 is 15.9 Å². The number of sulfonamides is 1. The van der Waals surface area contributed by atoms with Gasteiger partial charge >= 0.3 is 6.01 Å². The maximum absolute atomic E-state index is 12.1. The topological polar surface area (TPSA) is 98.2 Å². The maximum atomic E-state index is 12.1. The minimum absolute atomic E-state index is 0.0345. The first-order valence-electron chi connectivity index (χ1n) is 4.88. The Morgan fingerprint density at radius 1 is 1.44 bits per heavy atom. The van der Waals surface area contributed by atoms with E-state index in [0.29, 0.717) is 10.2 Å². The van der Waals surface area contributed by atoms with E-state index in [1.54, 1.807) is 13.0 Å². The zero-order chi connectivity index (χ0) is 13.3. The average Bonchev–Trinajstić information content (AvgIpc) is 2.66. The summed E-state index contributed by atoms with van der Waals surface area (Å²) in [5.74, 6) is 0. The number of benzene rings is 1. The summed E-state index contributed by atoms with van der Waals surface area (Å²) >= 11 is 3.19. The van der Waals surface area contributed by atoms with E-state index < -0.39 is 10.0 Å². The summed E-state index contributed by atoms with van der Waals surface area (Å²) in [6.45, 7) is 1.69. The molecule has 1 aromatic carbocycles. The van der Waals surface area contributed by atoms with Crippen molar-refractivity contribution in [1.29, 1.82) is 0 Å². The molecule has 0 aliphatic carbocycles. The number of nitrogens with zero attached hydrogens (tertiary/aromatic N) is 1. The van der Waals surface area contributed by atoms with Crippen LogP contribution in [-0.2, 0) is 10.0 Å². The van der Waals surface area contributed by atoms with Crippen LogP contribution < -0.4 is 10.5 Å². The van der Waals surface area contributed by atoms with E-state index in [4.69, 9.17) is 10.2 Å². The van der Waals surface area contributed by atoms with E-state index in [1.165, 1.54) is 18.4 Å². The molecular weight excluding hydrogens is 322 g/mol. The van der Waals surface area contributed by atoms with Crippen LogP contribution in [0.4, 0.5) is 11.7 Å². The van der Waals surface area contributed by atoms with Crippen molar-refractivity contribution in [3.8, 4) is 0 Å². The monoisotopic (exact) mass is 331 g/mol. The number of nitrogens with one attached hydrogen (secondary N) is 1. The SMILES string of the molecule is Cc1coc(NS(=O)(=O)c2cc(Br)ccc2N)n1. The van der Waals surface area contributed by atoms with Gasteiger partial charge < -0.3 is 10.2 Å². The molecule has 0 unspecified atom stereocenters. The fourth-order valence-electron chi connectivity index (χ4n) is 1.31. The normalized spacial score (nSPS) is 11.4. The molecule has 96 valence electrons. The number of nitrogens with two attached hydrogens (primary N) is 1. The summed E-state index contributed by atoms with van der Waals surface area (Å²) < 4.78 is 31.9. The Morgan fingerprint density at radius 3 is 2.78 bits per heavy atom. The number of aromatic nitrogens is 1. The van der Waals surface area contributed by atoms with Gasteiger partial charge in [0, 0.05) is 4.47 Å². The lowest BCUT2D eigenvalue weighted by molar-refractivity contribution is 0.569. The average molecular weight is 332 g/mol. The Bertz CT molecular complexity index is 681. The molecule has 0 saturated heterocycles. The highest BCUT2D eigenvalue weighted by Crippen LogP contribution is 2.24. The highest BCUT2D eigenvalue weighted by Gasteiger charge is 2.20. The number of halogens is 1. The molecule has 0 aliphatic heterocycles. The summed E-state index contributed by atoms with van der Waals surface area (Å²) in [5.41, 5.74) is 6.37. The molecule has 0 bridgehead atoms. The molecule has 0 saturated carbocycles. The zero-order valence-electron chi connectivity index (χ0n) is 9.34. The lowest BCUT2D eigenvalue weighted by atomic mass is 10.3. The van der Waals surface area contributed by atoms with E-state index in [2.05, 4.69) is 25.6 Å². The van der Waals surface area contributed by atoms with Crippen LogP contribution in [0.15, 0.2) is 38.2 Å². The molecule has 2 aromatic rings. The predicted octanol–water partition coefficient (Wildman–Crippen LogP) is 2.13. The number of nitrogen functional groups attached to an aromatic ring is 1. The zero-order valence-corrected chi connectivity index (χ0v) is 11.7. The summed E-state index contributed by atoms with van der Waals surface area (Å²) in [5, 5.41) is 0. The van der Waals surface area contributed by atoms with Crippen molar-refractivity contribution in [3.63, 3.8) is 0 Å². The Labute approximate surface area is 112 Å². The molecule has 18 heavy (non-hydrogen) atoms. The quantitative estimate of drug-likeness (QED) is 0.839. The first kappa shape index (κ1) is 12.9. The fraction of sp³-hybridized carbons (Fsp3) is 0.100. The summed E-state index contributed by atoms with van der Waals surface area (Å²) in [7, 11) is -3.81. The third kappa shape index (κ3) is 2.65. The lowest BCUT2D eigenvalue weighted by Crippen LogP contribution is -2.15. The van der Waals surface area contributed by atoms with Crippen molar-refractivity contribution < 1.29 is 12.8 Å². The van der Waals surface area contributed by atoms with Gasteiger partial charge in [-0.2, -0.15) is 4.98 Å². The molecule has 0 aliphatic rings. The van der Waals surface area contributed by atoms with Gasteiger partial charge in [0.25, 0.3) is 10.0 Å². The molecule has 1 aromatic heterocycles. The van der Waals surface area contributed by atoms with E-state index in [1.807, 2.05) is 0 Å². The fourth-order valence-corrected chi connectivity index (χ4v) is 2.92. The number of aryl methyl sites for hydroxylation is 1. The van der Waals surface area contributed by atoms with Crippen LogP contribution in [0.25, 0.3) is 0 Å². The van der Waals surface area contributed by atoms with Crippen LogP contribution in [-0.4, -0.2) is 13.4 Å². The summed E-state index contributed by atoms with van der Waals surface area (Å²) in [6.07, 6.45) is 1.35. The van der Waals surface area contributed by atoms with E-state index in [9.17, 15) is 8.42 Å². The van der Waals surface area contributed by atoms with Crippen LogP contribution in [0.5, 0.6) is 0 Å². The summed E-state index contributed by atoms with van der Waals surface area (Å²) in [6, 6.07) is 4.48. The van der Waals surface area contributed by atoms with Gasteiger partial charge in [-0.15, -0.1) is 0 Å². The Kier molecular flexibility index (Phi) is 3.31. The molecule has 3 N–H and O–H groups in total. The third-order valence-electron chi connectivity index (χ3n) is 2.11. The highest BCUT2D eigenvalue weighted by molar-refractivity contribution is 9.10. The van der Waals surface area contributed by atoms with Gasteiger partial charge in [0.1, 0.15) is 11.2 Å². The van der Waals surface area contributed by atoms with Crippen molar-refractivity contribution in [3.05, 3.63) is 34.6 Å². The number of hydrogen-bond acceptors (Lipinski definition) is 5. The molecule has 0 atom stereocenters. The Morgan fingerprint density at radius 2 is 2.17 bits per heavy atom. The van der Waals surface area contributed by atoms with Crippen molar-refractivity contribution >= 4 is 37.7 Å². The van der Waals surface area contributed by atoms with Crippen LogP contribution in [0.3, 0.4) is 0 Å². The van der Waals surface area contributed by atoms with Crippen molar-refractivity contribution in [1.82, 2.24) is 4.98 Å². The Hall–Kier alpha value is -1.54. The lowest BCUT2D eigenvalue weighted by Gasteiger charge is -2.07. The molecule has 2 rings (SSSR count). The molecule has 8 heteroatoms. The molecule has 0 fully saturated rings. The second kappa shape index (κ2) is 4.62. The standard InChI is InChI=1S/C10H10BrN3O3S/c1-6-5-17-10(13-6)14-18(15,16)9-4-7(11)2-3-8(9)12/h2-5H,12H2,1H3,(H,13,14). The first-order chi connectivity index (χ1) is 8.38. The van der Waals surface area contributed by atoms with Gasteiger partial charge in [0.05, 0.1) is 11.4 Å². The van der Waals surface area contributed by atoms with Crippen LogP contribution in [0, 0.1) is 6.92 Å². The number of hydrogen-bond donors (Lipinski definition) is 2. The van der Waals surface area contributed by atoms with E-state index in [0.717, 1.165) is 0 Å². The Balaban J connectivity index is 2.39. The van der Waals surface area contributed by atoms with Crippen LogP contribution in [0.1, 0.15) is 5.69 Å². The molecule has 0 amide bonds. The second-order valence-corrected chi connectivity index (χ2v) is 6.15. The van der Waals surface area contributed by atoms with Gasteiger partial charge in [-0.05, 0) is 25.1 Å². The third-order valence-corrected chi connectivity index (χ3v) is 3.97. The number of anilines is 2.